The lowest BCUT2D eigenvalue weighted by atomic mass is 10.2. The second-order valence-electron chi connectivity index (χ2n) is 7.85. The third-order valence-corrected chi connectivity index (χ3v) is 5.98. The molecule has 6 rings (SSSR count). The molecule has 164 valence electrons. The molecule has 0 fully saturated rings. The number of rotatable bonds is 4. The maximum Gasteiger partial charge on any atom is 0.332 e. The van der Waals surface area contributed by atoms with Crippen LogP contribution in [0.1, 0.15) is 11.1 Å². The number of hydrogen-bond acceptors (Lipinski definition) is 5. The fourth-order valence-corrected chi connectivity index (χ4v) is 4.43. The van der Waals surface area contributed by atoms with E-state index in [1.807, 2.05) is 36.4 Å². The minimum absolute atomic E-state index is 0.0663. The molecule has 0 atom stereocenters. The largest absolute Gasteiger partial charge is 0.454 e. The average Bonchev–Trinajstić information content (AvgIpc) is 3.44. The highest BCUT2D eigenvalue weighted by Gasteiger charge is 2.21. The van der Waals surface area contributed by atoms with E-state index in [1.54, 1.807) is 34.9 Å². The van der Waals surface area contributed by atoms with Crippen LogP contribution >= 0.6 is 11.6 Å². The van der Waals surface area contributed by atoms with Gasteiger partial charge in [0.25, 0.3) is 5.56 Å². The summed E-state index contributed by atoms with van der Waals surface area (Å²) in [6.07, 6.45) is 0. The molecular weight excluding hydrogens is 444 g/mol. The van der Waals surface area contributed by atoms with Gasteiger partial charge in [-0.2, -0.15) is 0 Å². The van der Waals surface area contributed by atoms with Gasteiger partial charge >= 0.3 is 5.69 Å². The Morgan fingerprint density at radius 3 is 2.48 bits per heavy atom. The van der Waals surface area contributed by atoms with E-state index in [0.29, 0.717) is 33.0 Å². The Bertz CT molecular complexity index is 1660. The molecule has 1 aliphatic heterocycles. The van der Waals surface area contributed by atoms with E-state index in [1.165, 1.54) is 4.57 Å². The van der Waals surface area contributed by atoms with Crippen LogP contribution in [0.2, 0.25) is 5.02 Å². The van der Waals surface area contributed by atoms with E-state index in [0.717, 1.165) is 11.1 Å². The minimum atomic E-state index is -0.480. The lowest BCUT2D eigenvalue weighted by molar-refractivity contribution is 0.174. The maximum absolute atomic E-state index is 13.7. The van der Waals surface area contributed by atoms with Gasteiger partial charge in [-0.3, -0.25) is 13.9 Å². The van der Waals surface area contributed by atoms with Gasteiger partial charge in [0, 0.05) is 10.4 Å². The quantitative estimate of drug-likeness (QED) is 0.397. The maximum atomic E-state index is 13.7. The van der Waals surface area contributed by atoms with Crippen LogP contribution in [0.5, 0.6) is 11.5 Å². The summed E-state index contributed by atoms with van der Waals surface area (Å²) in [6, 6.07) is 20.0. The van der Waals surface area contributed by atoms with Crippen LogP contribution < -0.4 is 20.7 Å². The molecule has 0 saturated heterocycles. The van der Waals surface area contributed by atoms with Crippen molar-refractivity contribution in [3.05, 3.63) is 104 Å². The Balaban J connectivity index is 1.58. The van der Waals surface area contributed by atoms with Gasteiger partial charge in [0.05, 0.1) is 13.1 Å². The minimum Gasteiger partial charge on any atom is -0.454 e. The predicted octanol–water partition coefficient (Wildman–Crippen LogP) is 4.39. The number of furan rings is 1. The predicted molar refractivity (Wildman–Crippen MR) is 124 cm³/mol. The van der Waals surface area contributed by atoms with Crippen molar-refractivity contribution in [3.63, 3.8) is 0 Å². The molecule has 33 heavy (non-hydrogen) atoms. The molecule has 3 heterocycles. The van der Waals surface area contributed by atoms with Crippen molar-refractivity contribution in [2.45, 2.75) is 13.1 Å². The third-order valence-electron chi connectivity index (χ3n) is 5.75. The number of hydrogen-bond donors (Lipinski definition) is 0. The van der Waals surface area contributed by atoms with Gasteiger partial charge in [0.1, 0.15) is 11.1 Å². The molecule has 0 bridgehead atoms. The Kier molecular flexibility index (Phi) is 4.52. The van der Waals surface area contributed by atoms with Crippen molar-refractivity contribution in [1.29, 1.82) is 0 Å². The van der Waals surface area contributed by atoms with Gasteiger partial charge in [0.15, 0.2) is 11.5 Å². The summed E-state index contributed by atoms with van der Waals surface area (Å²) < 4.78 is 19.5. The molecule has 5 aromatic rings. The zero-order valence-corrected chi connectivity index (χ0v) is 18.0. The van der Waals surface area contributed by atoms with Crippen LogP contribution in [0.3, 0.4) is 0 Å². The standard InChI is InChI=1S/C25H17ClN2O5/c26-17-5-3-4-15(10-17)12-27-22-18-6-1-2-7-19(18)33-23(22)24(29)28(25(27)30)13-16-8-9-20-21(11-16)32-14-31-20/h1-11H,12-14H2. The van der Waals surface area contributed by atoms with Crippen LogP contribution in [0.15, 0.2) is 80.7 Å². The molecule has 0 radical (unpaired) electrons. The number of nitrogens with zero attached hydrogens (tertiary/aromatic N) is 2. The number of fused-ring (bicyclic) bond motifs is 4. The van der Waals surface area contributed by atoms with E-state index in [-0.39, 0.29) is 25.5 Å². The van der Waals surface area contributed by atoms with E-state index < -0.39 is 11.2 Å². The van der Waals surface area contributed by atoms with Crippen molar-refractivity contribution >= 4 is 33.7 Å². The van der Waals surface area contributed by atoms with Gasteiger partial charge in [-0.15, -0.1) is 0 Å². The van der Waals surface area contributed by atoms with E-state index in [2.05, 4.69) is 0 Å². The Hall–Kier alpha value is -3.97. The highest BCUT2D eigenvalue weighted by Crippen LogP contribution is 2.32. The highest BCUT2D eigenvalue weighted by atomic mass is 35.5. The third kappa shape index (κ3) is 3.29. The first-order chi connectivity index (χ1) is 16.1. The molecule has 2 aromatic heterocycles. The molecule has 7 nitrogen and oxygen atoms in total. The number of para-hydroxylation sites is 1. The molecule has 0 unspecified atom stereocenters. The van der Waals surface area contributed by atoms with Gasteiger partial charge < -0.3 is 13.9 Å². The van der Waals surface area contributed by atoms with Crippen molar-refractivity contribution in [1.82, 2.24) is 9.13 Å². The summed E-state index contributed by atoms with van der Waals surface area (Å²) in [5, 5.41) is 1.28. The lowest BCUT2D eigenvalue weighted by Gasteiger charge is -2.13. The van der Waals surface area contributed by atoms with E-state index in [9.17, 15) is 9.59 Å². The SMILES string of the molecule is O=c1c2oc3ccccc3c2n(Cc2cccc(Cl)c2)c(=O)n1Cc1ccc2c(c1)OCO2. The molecule has 0 aliphatic carbocycles. The highest BCUT2D eigenvalue weighted by molar-refractivity contribution is 6.30. The van der Waals surface area contributed by atoms with Gasteiger partial charge in [0.2, 0.25) is 12.4 Å². The monoisotopic (exact) mass is 460 g/mol. The molecule has 3 aromatic carbocycles. The van der Waals surface area contributed by atoms with E-state index >= 15 is 0 Å². The number of ether oxygens (including phenoxy) is 2. The summed E-state index contributed by atoms with van der Waals surface area (Å²) in [6.45, 7) is 0.452. The molecule has 0 N–H and O–H groups in total. The van der Waals surface area contributed by atoms with Crippen molar-refractivity contribution in [3.8, 4) is 11.5 Å². The average molecular weight is 461 g/mol. The van der Waals surface area contributed by atoms with Crippen LogP contribution in [0.4, 0.5) is 0 Å². The van der Waals surface area contributed by atoms with Gasteiger partial charge in [-0.1, -0.05) is 41.9 Å². The van der Waals surface area contributed by atoms with E-state index in [4.69, 9.17) is 25.5 Å². The summed E-state index contributed by atoms with van der Waals surface area (Å²) in [7, 11) is 0. The zero-order valence-electron chi connectivity index (χ0n) is 17.3. The van der Waals surface area contributed by atoms with Crippen molar-refractivity contribution in [2.75, 3.05) is 6.79 Å². The normalized spacial score (nSPS) is 12.6. The fourth-order valence-electron chi connectivity index (χ4n) is 4.22. The first-order valence-electron chi connectivity index (χ1n) is 10.4. The summed E-state index contributed by atoms with van der Waals surface area (Å²) in [5.74, 6) is 1.22. The number of aromatic nitrogens is 2. The Morgan fingerprint density at radius 2 is 1.61 bits per heavy atom. The van der Waals surface area contributed by atoms with Crippen LogP contribution in [-0.4, -0.2) is 15.9 Å². The number of halogens is 1. The molecular formula is C25H17ClN2O5. The first-order valence-corrected chi connectivity index (χ1v) is 10.7. The van der Waals surface area contributed by atoms with Crippen molar-refractivity contribution < 1.29 is 13.9 Å². The Morgan fingerprint density at radius 1 is 0.818 bits per heavy atom. The molecule has 8 heteroatoms. The Labute approximate surface area is 192 Å². The van der Waals surface area contributed by atoms with Crippen LogP contribution in [0, 0.1) is 0 Å². The molecule has 0 spiro atoms. The smallest absolute Gasteiger partial charge is 0.332 e. The van der Waals surface area contributed by atoms with Crippen molar-refractivity contribution in [2.24, 2.45) is 0 Å². The van der Waals surface area contributed by atoms with Gasteiger partial charge in [-0.25, -0.2) is 4.79 Å². The summed E-state index contributed by atoms with van der Waals surface area (Å²) in [5.41, 5.74) is 1.82. The van der Waals surface area contributed by atoms with Gasteiger partial charge in [-0.05, 0) is 47.5 Å². The lowest BCUT2D eigenvalue weighted by Crippen LogP contribution is -2.40. The first kappa shape index (κ1) is 19.7. The second kappa shape index (κ2) is 7.56. The van der Waals surface area contributed by atoms with Crippen LogP contribution in [-0.2, 0) is 13.1 Å². The second-order valence-corrected chi connectivity index (χ2v) is 8.29. The van der Waals surface area contributed by atoms with Crippen LogP contribution in [0.25, 0.3) is 22.1 Å². The molecule has 0 amide bonds. The summed E-state index contributed by atoms with van der Waals surface area (Å²) >= 11 is 6.17. The topological polar surface area (TPSA) is 75.6 Å². The molecule has 1 aliphatic rings. The number of benzene rings is 3. The summed E-state index contributed by atoms with van der Waals surface area (Å²) in [4.78, 5) is 27.1. The zero-order chi connectivity index (χ0) is 22.5. The fraction of sp³-hybridized carbons (Fsp3) is 0.120. The molecule has 0 saturated carbocycles.